The molecule has 1 heterocycles. The summed E-state index contributed by atoms with van der Waals surface area (Å²) >= 11 is 0.162. The SMILES string of the molecule is CNC(=O)c1c(-c2ccc(F)cc2)oc2cc(CN(c3cc(F)c(Br)c(C(=O)OC)c3)S(=O)[O-])c(C3CC3)cc12. The number of halogens is 3. The van der Waals surface area contributed by atoms with Gasteiger partial charge < -0.3 is 19.0 Å². The van der Waals surface area contributed by atoms with Gasteiger partial charge in [-0.2, -0.15) is 0 Å². The minimum absolute atomic E-state index is 0.0752. The molecule has 1 atom stereocenters. The predicted molar refractivity (Wildman–Crippen MR) is 148 cm³/mol. The van der Waals surface area contributed by atoms with Crippen molar-refractivity contribution in [3.8, 4) is 11.3 Å². The second-order valence-electron chi connectivity index (χ2n) is 9.25. The molecule has 0 bridgehead atoms. The third kappa shape index (κ3) is 5.26. The van der Waals surface area contributed by atoms with E-state index in [9.17, 15) is 27.1 Å². The van der Waals surface area contributed by atoms with E-state index >= 15 is 0 Å². The van der Waals surface area contributed by atoms with Crippen molar-refractivity contribution in [2.75, 3.05) is 18.5 Å². The molecule has 1 aliphatic carbocycles. The number of nitrogens with one attached hydrogen (secondary N) is 1. The molecule has 208 valence electrons. The standard InChI is InChI=1S/C28H23BrF2N2O6S/c1-32-27(34)24-20-12-19(14-3-4-14)16(9-23(20)39-26(24)15-5-7-17(30)8-6-15)13-33(40(36)37)18-10-21(28(35)38-2)25(29)22(31)11-18/h5-12,14H,3-4,13H2,1-2H3,(H,32,34)(H,36,37)/p-1. The molecule has 8 nitrogen and oxygen atoms in total. The van der Waals surface area contributed by atoms with Crippen LogP contribution in [-0.4, -0.2) is 34.8 Å². The van der Waals surface area contributed by atoms with Gasteiger partial charge in [0, 0.05) is 29.3 Å². The molecule has 0 aliphatic heterocycles. The largest absolute Gasteiger partial charge is 0.755 e. The van der Waals surface area contributed by atoms with E-state index in [0.29, 0.717) is 22.1 Å². The minimum atomic E-state index is -2.85. The van der Waals surface area contributed by atoms with Crippen molar-refractivity contribution in [3.63, 3.8) is 0 Å². The molecule has 1 fully saturated rings. The summed E-state index contributed by atoms with van der Waals surface area (Å²) in [4.78, 5) is 25.1. The number of carbonyl (C=O) groups excluding carboxylic acids is 2. The zero-order chi connectivity index (χ0) is 28.7. The molecular formula is C28H22BrF2N2O6S-. The number of nitrogens with zero attached hydrogens (tertiary/aromatic N) is 1. The summed E-state index contributed by atoms with van der Waals surface area (Å²) < 4.78 is 64.6. The molecule has 1 amide bonds. The Morgan fingerprint density at radius 3 is 2.48 bits per heavy atom. The third-order valence-electron chi connectivity index (χ3n) is 6.73. The summed E-state index contributed by atoms with van der Waals surface area (Å²) in [6, 6.07) is 11.3. The number of fused-ring (bicyclic) bond motifs is 1. The number of furan rings is 1. The van der Waals surface area contributed by atoms with Crippen LogP contribution in [0.4, 0.5) is 14.5 Å². The second kappa shape index (κ2) is 11.1. The molecule has 1 aliphatic rings. The zero-order valence-electron chi connectivity index (χ0n) is 21.3. The van der Waals surface area contributed by atoms with Crippen LogP contribution >= 0.6 is 15.9 Å². The van der Waals surface area contributed by atoms with E-state index in [1.165, 1.54) is 37.4 Å². The van der Waals surface area contributed by atoms with Gasteiger partial charge in [0.15, 0.2) is 0 Å². The Kier molecular flexibility index (Phi) is 7.76. The second-order valence-corrected chi connectivity index (χ2v) is 10.9. The van der Waals surface area contributed by atoms with Crippen LogP contribution in [0.1, 0.15) is 50.6 Å². The van der Waals surface area contributed by atoms with Gasteiger partial charge in [-0.25, -0.2) is 13.6 Å². The summed E-state index contributed by atoms with van der Waals surface area (Å²) in [7, 11) is 2.63. The van der Waals surface area contributed by atoms with Crippen molar-refractivity contribution in [3.05, 3.63) is 86.9 Å². The number of methoxy groups -OCH3 is 1. The summed E-state index contributed by atoms with van der Waals surface area (Å²) in [5.74, 6) is -2.13. The fraction of sp³-hybridized carbons (Fsp3) is 0.214. The van der Waals surface area contributed by atoms with Gasteiger partial charge in [0.05, 0.1) is 34.9 Å². The third-order valence-corrected chi connectivity index (χ3v) is 8.23. The zero-order valence-corrected chi connectivity index (χ0v) is 23.7. The van der Waals surface area contributed by atoms with Crippen LogP contribution in [0, 0.1) is 11.6 Å². The number of hydrogen-bond acceptors (Lipinski definition) is 6. The Morgan fingerprint density at radius 2 is 1.88 bits per heavy atom. The number of rotatable bonds is 8. The molecule has 3 aromatic carbocycles. The maximum absolute atomic E-state index is 14.7. The molecule has 1 unspecified atom stereocenters. The van der Waals surface area contributed by atoms with Crippen molar-refractivity contribution in [2.45, 2.75) is 25.3 Å². The molecule has 1 aromatic heterocycles. The highest BCUT2D eigenvalue weighted by atomic mass is 79.9. The molecule has 0 saturated heterocycles. The van der Waals surface area contributed by atoms with E-state index < -0.39 is 34.8 Å². The lowest BCUT2D eigenvalue weighted by atomic mass is 9.97. The number of amides is 1. The predicted octanol–water partition coefficient (Wildman–Crippen LogP) is 5.96. The number of carbonyl (C=O) groups is 2. The van der Waals surface area contributed by atoms with Crippen LogP contribution in [0.25, 0.3) is 22.3 Å². The Hall–Kier alpha value is -3.61. The summed E-state index contributed by atoms with van der Waals surface area (Å²) in [5.41, 5.74) is 2.26. The van der Waals surface area contributed by atoms with Gasteiger partial charge in [0.1, 0.15) is 23.0 Å². The highest BCUT2D eigenvalue weighted by molar-refractivity contribution is 9.10. The minimum Gasteiger partial charge on any atom is -0.755 e. The lowest BCUT2D eigenvalue weighted by Crippen LogP contribution is -2.26. The Morgan fingerprint density at radius 1 is 1.18 bits per heavy atom. The van der Waals surface area contributed by atoms with Gasteiger partial charge in [0.2, 0.25) is 0 Å². The topological polar surface area (TPSA) is 112 Å². The number of anilines is 1. The van der Waals surface area contributed by atoms with Gasteiger partial charge in [0.25, 0.3) is 5.91 Å². The van der Waals surface area contributed by atoms with Crippen LogP contribution in [0.3, 0.4) is 0 Å². The highest BCUT2D eigenvalue weighted by Crippen LogP contribution is 2.45. The van der Waals surface area contributed by atoms with Crippen molar-refractivity contribution in [2.24, 2.45) is 0 Å². The van der Waals surface area contributed by atoms with Gasteiger partial charge in [-0.05, 0) is 94.3 Å². The van der Waals surface area contributed by atoms with Crippen molar-refractivity contribution >= 4 is 55.7 Å². The van der Waals surface area contributed by atoms with Gasteiger partial charge >= 0.3 is 5.97 Å². The maximum atomic E-state index is 14.7. The fourth-order valence-electron chi connectivity index (χ4n) is 4.63. The first-order chi connectivity index (χ1) is 19.1. The fourth-order valence-corrected chi connectivity index (χ4v) is 5.54. The Bertz CT molecular complexity index is 1670. The van der Waals surface area contributed by atoms with Crippen LogP contribution in [0.2, 0.25) is 0 Å². The van der Waals surface area contributed by atoms with E-state index in [2.05, 4.69) is 21.2 Å². The number of esters is 1. The van der Waals surface area contributed by atoms with Gasteiger partial charge in [-0.15, -0.1) is 0 Å². The smallest absolute Gasteiger partial charge is 0.339 e. The Balaban J connectivity index is 1.65. The number of benzene rings is 3. The van der Waals surface area contributed by atoms with E-state index in [-0.39, 0.29) is 39.5 Å². The van der Waals surface area contributed by atoms with Crippen LogP contribution in [-0.2, 0) is 22.5 Å². The lowest BCUT2D eigenvalue weighted by molar-refractivity contribution is 0.0599. The molecule has 1 saturated carbocycles. The molecule has 5 rings (SSSR count). The molecule has 12 heteroatoms. The van der Waals surface area contributed by atoms with Crippen LogP contribution in [0.5, 0.6) is 0 Å². The quantitative estimate of drug-likeness (QED) is 0.190. The van der Waals surface area contributed by atoms with E-state index in [1.807, 2.05) is 6.07 Å². The van der Waals surface area contributed by atoms with E-state index in [1.54, 1.807) is 6.07 Å². The maximum Gasteiger partial charge on any atom is 0.339 e. The van der Waals surface area contributed by atoms with Crippen molar-refractivity contribution < 1.29 is 36.3 Å². The number of hydrogen-bond donors (Lipinski definition) is 1. The molecular weight excluding hydrogens is 610 g/mol. The first-order valence-corrected chi connectivity index (χ1v) is 14.0. The monoisotopic (exact) mass is 631 g/mol. The van der Waals surface area contributed by atoms with E-state index in [0.717, 1.165) is 35.9 Å². The average molecular weight is 632 g/mol. The first kappa shape index (κ1) is 27.9. The summed E-state index contributed by atoms with van der Waals surface area (Å²) in [5, 5.41) is 3.15. The molecule has 4 aromatic rings. The highest BCUT2D eigenvalue weighted by Gasteiger charge is 2.30. The van der Waals surface area contributed by atoms with Gasteiger partial charge in [-0.3, -0.25) is 13.3 Å². The summed E-state index contributed by atoms with van der Waals surface area (Å²) in [6.07, 6.45) is 1.74. The Labute approximate surface area is 238 Å². The molecule has 0 spiro atoms. The molecule has 1 N–H and O–H groups in total. The summed E-state index contributed by atoms with van der Waals surface area (Å²) in [6.45, 7) is -0.193. The van der Waals surface area contributed by atoms with Crippen molar-refractivity contribution in [1.29, 1.82) is 0 Å². The van der Waals surface area contributed by atoms with Gasteiger partial charge in [-0.1, -0.05) is 0 Å². The molecule has 0 radical (unpaired) electrons. The van der Waals surface area contributed by atoms with Crippen molar-refractivity contribution in [1.82, 2.24) is 5.32 Å². The molecule has 40 heavy (non-hydrogen) atoms. The average Bonchev–Trinajstić information content (AvgIpc) is 3.72. The van der Waals surface area contributed by atoms with E-state index in [4.69, 9.17) is 9.15 Å². The van der Waals surface area contributed by atoms with Crippen LogP contribution in [0.15, 0.2) is 57.4 Å². The lowest BCUT2D eigenvalue weighted by Gasteiger charge is -2.28. The first-order valence-electron chi connectivity index (χ1n) is 12.1. The number of ether oxygens (including phenoxy) is 1. The van der Waals surface area contributed by atoms with Crippen LogP contribution < -0.4 is 9.62 Å². The normalized spacial score (nSPS) is 13.8.